The molecule has 1 N–H and O–H groups in total. The van der Waals surface area contributed by atoms with Gasteiger partial charge in [-0.2, -0.15) is 0 Å². The Morgan fingerprint density at radius 1 is 1.09 bits per heavy atom. The Kier molecular flexibility index (Phi) is 7.06. The van der Waals surface area contributed by atoms with Crippen LogP contribution in [-0.4, -0.2) is 11.7 Å². The Labute approximate surface area is 145 Å². The molecule has 0 amide bonds. The second-order valence-corrected chi connectivity index (χ2v) is 6.46. The largest absolute Gasteiger partial charge is 0.493 e. The van der Waals surface area contributed by atoms with Crippen LogP contribution in [0.1, 0.15) is 49.8 Å². The van der Waals surface area contributed by atoms with Gasteiger partial charge in [0.05, 0.1) is 6.61 Å². The van der Waals surface area contributed by atoms with Crippen molar-refractivity contribution < 1.29 is 14.2 Å². The van der Waals surface area contributed by atoms with Gasteiger partial charge in [-0.05, 0) is 36.2 Å². The van der Waals surface area contributed by atoms with E-state index in [0.717, 1.165) is 17.3 Å². The minimum Gasteiger partial charge on any atom is -0.493 e. The highest BCUT2D eigenvalue weighted by molar-refractivity contribution is 9.10. The van der Waals surface area contributed by atoms with E-state index in [0.29, 0.717) is 17.9 Å². The number of benzene rings is 2. The van der Waals surface area contributed by atoms with Gasteiger partial charge in [0.1, 0.15) is 17.7 Å². The second-order valence-electron chi connectivity index (χ2n) is 5.55. The quantitative estimate of drug-likeness (QED) is 0.601. The summed E-state index contributed by atoms with van der Waals surface area (Å²) in [6.07, 6.45) is 3.48. The van der Waals surface area contributed by atoms with Crippen molar-refractivity contribution in [3.05, 3.63) is 63.9 Å². The van der Waals surface area contributed by atoms with Crippen molar-refractivity contribution in [3.63, 3.8) is 0 Å². The first kappa shape index (κ1) is 18.0. The first-order valence-corrected chi connectivity index (χ1v) is 8.77. The zero-order valence-corrected chi connectivity index (χ0v) is 14.9. The minimum atomic E-state index is -0.985. The van der Waals surface area contributed by atoms with Crippen LogP contribution in [0.5, 0.6) is 5.75 Å². The van der Waals surface area contributed by atoms with E-state index in [-0.39, 0.29) is 5.56 Å². The Morgan fingerprint density at radius 2 is 1.83 bits per heavy atom. The van der Waals surface area contributed by atoms with Crippen LogP contribution in [0.15, 0.2) is 46.9 Å². The Balaban J connectivity index is 1.99. The molecule has 0 saturated carbocycles. The monoisotopic (exact) mass is 380 g/mol. The number of hydrogen-bond donors (Lipinski definition) is 1. The second kappa shape index (κ2) is 9.04. The van der Waals surface area contributed by atoms with Crippen LogP contribution in [0.2, 0.25) is 0 Å². The predicted octanol–water partition coefficient (Wildman–Crippen LogP) is 5.63. The van der Waals surface area contributed by atoms with Crippen molar-refractivity contribution in [2.75, 3.05) is 6.61 Å². The lowest BCUT2D eigenvalue weighted by molar-refractivity contribution is 0.214. The summed E-state index contributed by atoms with van der Waals surface area (Å²) in [5.74, 6) is 0.0530. The molecular formula is C19H22BrFO2. The maximum atomic E-state index is 14.2. The molecule has 23 heavy (non-hydrogen) atoms. The van der Waals surface area contributed by atoms with E-state index in [9.17, 15) is 9.50 Å². The fourth-order valence-electron chi connectivity index (χ4n) is 2.36. The SMILES string of the molecule is CCCCCCOc1ccc(C(O)c2ccc(Br)cc2)c(F)c1. The number of hydrogen-bond acceptors (Lipinski definition) is 2. The maximum absolute atomic E-state index is 14.2. The van der Waals surface area contributed by atoms with Crippen molar-refractivity contribution >= 4 is 15.9 Å². The lowest BCUT2D eigenvalue weighted by Gasteiger charge is -2.14. The molecule has 2 rings (SSSR count). The molecule has 0 aromatic heterocycles. The molecule has 0 aliphatic heterocycles. The van der Waals surface area contributed by atoms with Gasteiger partial charge in [-0.15, -0.1) is 0 Å². The van der Waals surface area contributed by atoms with Gasteiger partial charge in [0.25, 0.3) is 0 Å². The molecular weight excluding hydrogens is 359 g/mol. The van der Waals surface area contributed by atoms with Gasteiger partial charge in [-0.3, -0.25) is 0 Å². The molecule has 2 nitrogen and oxygen atoms in total. The topological polar surface area (TPSA) is 29.5 Å². The Bertz CT molecular complexity index is 613. The van der Waals surface area contributed by atoms with Gasteiger partial charge in [0.15, 0.2) is 0 Å². The van der Waals surface area contributed by atoms with Crippen LogP contribution in [0, 0.1) is 5.82 Å². The van der Waals surface area contributed by atoms with Gasteiger partial charge in [0.2, 0.25) is 0 Å². The highest BCUT2D eigenvalue weighted by Crippen LogP contribution is 2.28. The molecule has 2 aromatic carbocycles. The number of halogens is 2. The molecule has 0 aliphatic rings. The fraction of sp³-hybridized carbons (Fsp3) is 0.368. The molecule has 4 heteroatoms. The average Bonchev–Trinajstić information content (AvgIpc) is 2.55. The summed E-state index contributed by atoms with van der Waals surface area (Å²) in [6.45, 7) is 2.75. The van der Waals surface area contributed by atoms with Crippen LogP contribution < -0.4 is 4.74 Å². The molecule has 0 heterocycles. The van der Waals surface area contributed by atoms with Crippen molar-refractivity contribution in [2.24, 2.45) is 0 Å². The van der Waals surface area contributed by atoms with Gasteiger partial charge in [0, 0.05) is 16.1 Å². The van der Waals surface area contributed by atoms with Crippen LogP contribution in [0.25, 0.3) is 0 Å². The third kappa shape index (κ3) is 5.33. The molecule has 0 fully saturated rings. The maximum Gasteiger partial charge on any atom is 0.133 e. The van der Waals surface area contributed by atoms with Crippen molar-refractivity contribution in [1.82, 2.24) is 0 Å². The standard InChI is InChI=1S/C19H22BrFO2/c1-2-3-4-5-12-23-16-10-11-17(18(21)13-16)19(22)14-6-8-15(20)9-7-14/h6-11,13,19,22H,2-5,12H2,1H3. The molecule has 0 bridgehead atoms. The van der Waals surface area contributed by atoms with Crippen LogP contribution in [-0.2, 0) is 0 Å². The van der Waals surface area contributed by atoms with Crippen molar-refractivity contribution in [2.45, 2.75) is 38.7 Å². The van der Waals surface area contributed by atoms with Gasteiger partial charge < -0.3 is 9.84 Å². The normalized spacial score (nSPS) is 12.2. The van der Waals surface area contributed by atoms with E-state index in [1.54, 1.807) is 24.3 Å². The Hall–Kier alpha value is -1.39. The molecule has 2 aromatic rings. The molecule has 0 spiro atoms. The molecule has 0 aliphatic carbocycles. The summed E-state index contributed by atoms with van der Waals surface area (Å²) < 4.78 is 20.7. The van der Waals surface area contributed by atoms with Gasteiger partial charge in [-0.1, -0.05) is 54.2 Å². The Morgan fingerprint density at radius 3 is 2.48 bits per heavy atom. The van der Waals surface area contributed by atoms with E-state index in [2.05, 4.69) is 22.9 Å². The summed E-state index contributed by atoms with van der Waals surface area (Å²) >= 11 is 3.34. The number of ether oxygens (including phenoxy) is 1. The number of rotatable bonds is 8. The number of aliphatic hydroxyl groups is 1. The fourth-order valence-corrected chi connectivity index (χ4v) is 2.63. The molecule has 1 unspecified atom stereocenters. The van der Waals surface area contributed by atoms with E-state index in [1.807, 2.05) is 12.1 Å². The summed E-state index contributed by atoms with van der Waals surface area (Å²) in [4.78, 5) is 0. The van der Waals surface area contributed by atoms with E-state index >= 15 is 0 Å². The van der Waals surface area contributed by atoms with Crippen LogP contribution in [0.4, 0.5) is 4.39 Å². The predicted molar refractivity (Wildman–Crippen MR) is 94.2 cm³/mol. The van der Waals surface area contributed by atoms with Crippen molar-refractivity contribution in [1.29, 1.82) is 0 Å². The first-order chi connectivity index (χ1) is 11.1. The van der Waals surface area contributed by atoms with Crippen LogP contribution >= 0.6 is 15.9 Å². The first-order valence-electron chi connectivity index (χ1n) is 7.97. The smallest absolute Gasteiger partial charge is 0.133 e. The average molecular weight is 381 g/mol. The zero-order valence-electron chi connectivity index (χ0n) is 13.3. The van der Waals surface area contributed by atoms with Crippen molar-refractivity contribution in [3.8, 4) is 5.75 Å². The molecule has 0 saturated heterocycles. The van der Waals surface area contributed by atoms with Crippen LogP contribution in [0.3, 0.4) is 0 Å². The zero-order chi connectivity index (χ0) is 16.7. The van der Waals surface area contributed by atoms with Gasteiger partial charge in [-0.25, -0.2) is 4.39 Å². The highest BCUT2D eigenvalue weighted by Gasteiger charge is 2.15. The molecule has 1 atom stereocenters. The van der Waals surface area contributed by atoms with E-state index < -0.39 is 11.9 Å². The number of unbranched alkanes of at least 4 members (excludes halogenated alkanes) is 3. The summed E-state index contributed by atoms with van der Waals surface area (Å²) in [7, 11) is 0. The molecule has 124 valence electrons. The third-order valence-corrected chi connectivity index (χ3v) is 4.25. The summed E-state index contributed by atoms with van der Waals surface area (Å²) in [5, 5.41) is 10.3. The van der Waals surface area contributed by atoms with E-state index in [1.165, 1.54) is 18.9 Å². The highest BCUT2D eigenvalue weighted by atomic mass is 79.9. The van der Waals surface area contributed by atoms with Gasteiger partial charge >= 0.3 is 0 Å². The minimum absolute atomic E-state index is 0.255. The number of aliphatic hydroxyl groups excluding tert-OH is 1. The summed E-state index contributed by atoms with van der Waals surface area (Å²) in [6, 6.07) is 11.8. The lowest BCUT2D eigenvalue weighted by atomic mass is 10.0. The lowest BCUT2D eigenvalue weighted by Crippen LogP contribution is -2.04. The third-order valence-electron chi connectivity index (χ3n) is 3.72. The van der Waals surface area contributed by atoms with E-state index in [4.69, 9.17) is 4.74 Å². The molecule has 0 radical (unpaired) electrons. The summed E-state index contributed by atoms with van der Waals surface area (Å²) in [5.41, 5.74) is 0.908.